The standard InChI is InChI=1S/C12H17ClO/c1-4-12(14,9(2)3)10-5-7-11(13)8-6-10/h5-9,14H,4H2,1-3H3/t12-/m1/s1. The molecule has 0 bridgehead atoms. The minimum absolute atomic E-state index is 0.202. The minimum Gasteiger partial charge on any atom is -0.385 e. The molecule has 0 heterocycles. The van der Waals surface area contributed by atoms with Crippen molar-refractivity contribution in [2.75, 3.05) is 0 Å². The van der Waals surface area contributed by atoms with Gasteiger partial charge in [0.1, 0.15) is 0 Å². The van der Waals surface area contributed by atoms with E-state index in [9.17, 15) is 5.11 Å². The Labute approximate surface area is 90.7 Å². The monoisotopic (exact) mass is 212 g/mol. The van der Waals surface area contributed by atoms with Crippen molar-refractivity contribution in [1.82, 2.24) is 0 Å². The molecule has 14 heavy (non-hydrogen) atoms. The van der Waals surface area contributed by atoms with Crippen molar-refractivity contribution in [1.29, 1.82) is 0 Å². The molecule has 0 aliphatic rings. The van der Waals surface area contributed by atoms with E-state index in [1.807, 2.05) is 45.0 Å². The van der Waals surface area contributed by atoms with Crippen LogP contribution in [0.25, 0.3) is 0 Å². The normalized spacial score (nSPS) is 15.6. The third-order valence-corrected chi connectivity index (χ3v) is 3.09. The highest BCUT2D eigenvalue weighted by Crippen LogP contribution is 2.33. The van der Waals surface area contributed by atoms with E-state index in [1.165, 1.54) is 0 Å². The molecular weight excluding hydrogens is 196 g/mol. The van der Waals surface area contributed by atoms with Crippen molar-refractivity contribution >= 4 is 11.6 Å². The molecule has 0 aliphatic heterocycles. The fraction of sp³-hybridized carbons (Fsp3) is 0.500. The topological polar surface area (TPSA) is 20.2 Å². The molecule has 0 spiro atoms. The van der Waals surface area contributed by atoms with Crippen LogP contribution in [0.15, 0.2) is 24.3 Å². The van der Waals surface area contributed by atoms with E-state index in [1.54, 1.807) is 0 Å². The van der Waals surface area contributed by atoms with E-state index in [0.717, 1.165) is 5.56 Å². The third-order valence-electron chi connectivity index (χ3n) is 2.84. The summed E-state index contributed by atoms with van der Waals surface area (Å²) in [6.45, 7) is 6.05. The van der Waals surface area contributed by atoms with Gasteiger partial charge in [0.15, 0.2) is 0 Å². The zero-order valence-electron chi connectivity index (χ0n) is 8.92. The summed E-state index contributed by atoms with van der Waals surface area (Å²) in [6, 6.07) is 7.43. The lowest BCUT2D eigenvalue weighted by molar-refractivity contribution is -0.0140. The number of hydrogen-bond donors (Lipinski definition) is 1. The zero-order valence-corrected chi connectivity index (χ0v) is 9.67. The van der Waals surface area contributed by atoms with Crippen molar-refractivity contribution in [3.8, 4) is 0 Å². The van der Waals surface area contributed by atoms with Gasteiger partial charge in [-0.1, -0.05) is 44.5 Å². The summed E-state index contributed by atoms with van der Waals surface area (Å²) in [6.07, 6.45) is 0.715. The second-order valence-electron chi connectivity index (χ2n) is 3.94. The molecule has 0 radical (unpaired) electrons. The lowest BCUT2D eigenvalue weighted by Gasteiger charge is -2.31. The van der Waals surface area contributed by atoms with Crippen LogP contribution < -0.4 is 0 Å². The number of benzene rings is 1. The second kappa shape index (κ2) is 4.33. The van der Waals surface area contributed by atoms with Crippen molar-refractivity contribution in [3.63, 3.8) is 0 Å². The molecule has 1 N–H and O–H groups in total. The van der Waals surface area contributed by atoms with Crippen LogP contribution in [0.4, 0.5) is 0 Å². The molecule has 0 saturated heterocycles. The second-order valence-corrected chi connectivity index (χ2v) is 4.38. The molecule has 1 aromatic rings. The maximum absolute atomic E-state index is 10.4. The first-order valence-corrected chi connectivity index (χ1v) is 5.37. The lowest BCUT2D eigenvalue weighted by Crippen LogP contribution is -2.30. The van der Waals surface area contributed by atoms with Gasteiger partial charge in [0.05, 0.1) is 5.60 Å². The molecule has 1 nitrogen and oxygen atoms in total. The Morgan fingerprint density at radius 1 is 1.29 bits per heavy atom. The van der Waals surface area contributed by atoms with Gasteiger partial charge in [-0.15, -0.1) is 0 Å². The van der Waals surface area contributed by atoms with Gasteiger partial charge < -0.3 is 5.11 Å². The average molecular weight is 213 g/mol. The number of aliphatic hydroxyl groups is 1. The molecule has 0 amide bonds. The Hall–Kier alpha value is -0.530. The maximum atomic E-state index is 10.4. The highest BCUT2D eigenvalue weighted by molar-refractivity contribution is 6.30. The molecule has 0 saturated carbocycles. The van der Waals surface area contributed by atoms with Gasteiger partial charge in [-0.2, -0.15) is 0 Å². The first kappa shape index (κ1) is 11.5. The Bertz CT molecular complexity index is 292. The predicted molar refractivity (Wildman–Crippen MR) is 60.5 cm³/mol. The van der Waals surface area contributed by atoms with Gasteiger partial charge in [-0.3, -0.25) is 0 Å². The van der Waals surface area contributed by atoms with Crippen molar-refractivity contribution in [2.24, 2.45) is 5.92 Å². The summed E-state index contributed by atoms with van der Waals surface area (Å²) in [4.78, 5) is 0. The SMILES string of the molecule is CC[C@](O)(c1ccc(Cl)cc1)C(C)C. The molecule has 2 heteroatoms. The van der Waals surface area contributed by atoms with Crippen LogP contribution in [0.2, 0.25) is 5.02 Å². The number of hydrogen-bond acceptors (Lipinski definition) is 1. The molecule has 1 atom stereocenters. The van der Waals surface area contributed by atoms with Gasteiger partial charge in [0, 0.05) is 5.02 Å². The van der Waals surface area contributed by atoms with E-state index in [0.29, 0.717) is 11.4 Å². The van der Waals surface area contributed by atoms with Gasteiger partial charge in [-0.25, -0.2) is 0 Å². The van der Waals surface area contributed by atoms with Crippen LogP contribution >= 0.6 is 11.6 Å². The summed E-state index contributed by atoms with van der Waals surface area (Å²) < 4.78 is 0. The summed E-state index contributed by atoms with van der Waals surface area (Å²) >= 11 is 5.80. The maximum Gasteiger partial charge on any atom is 0.0916 e. The van der Waals surface area contributed by atoms with Crippen LogP contribution in [-0.4, -0.2) is 5.11 Å². The van der Waals surface area contributed by atoms with Crippen LogP contribution in [0.1, 0.15) is 32.8 Å². The van der Waals surface area contributed by atoms with E-state index in [4.69, 9.17) is 11.6 Å². The molecular formula is C12H17ClO. The molecule has 0 fully saturated rings. The van der Waals surface area contributed by atoms with E-state index >= 15 is 0 Å². The van der Waals surface area contributed by atoms with Crippen LogP contribution in [-0.2, 0) is 5.60 Å². The molecule has 1 rings (SSSR count). The first-order chi connectivity index (χ1) is 6.50. The summed E-state index contributed by atoms with van der Waals surface area (Å²) in [7, 11) is 0. The van der Waals surface area contributed by atoms with Crippen molar-refractivity contribution in [2.45, 2.75) is 32.8 Å². The van der Waals surface area contributed by atoms with Gasteiger partial charge in [-0.05, 0) is 30.0 Å². The predicted octanol–water partition coefficient (Wildman–Crippen LogP) is 3.59. The quantitative estimate of drug-likeness (QED) is 0.812. The Morgan fingerprint density at radius 3 is 2.14 bits per heavy atom. The molecule has 0 aromatic heterocycles. The van der Waals surface area contributed by atoms with Gasteiger partial charge in [0.2, 0.25) is 0 Å². The summed E-state index contributed by atoms with van der Waals surface area (Å²) in [5.74, 6) is 0.202. The first-order valence-electron chi connectivity index (χ1n) is 4.99. The number of rotatable bonds is 3. The molecule has 78 valence electrons. The summed E-state index contributed by atoms with van der Waals surface area (Å²) in [5, 5.41) is 11.1. The number of halogens is 1. The Balaban J connectivity index is 3.06. The van der Waals surface area contributed by atoms with Crippen molar-refractivity contribution < 1.29 is 5.11 Å². The molecule has 0 unspecified atom stereocenters. The molecule has 0 aliphatic carbocycles. The largest absolute Gasteiger partial charge is 0.385 e. The third kappa shape index (κ3) is 2.10. The highest BCUT2D eigenvalue weighted by Gasteiger charge is 2.30. The average Bonchev–Trinajstić information content (AvgIpc) is 2.17. The molecule has 1 aromatic carbocycles. The fourth-order valence-electron chi connectivity index (χ4n) is 1.68. The smallest absolute Gasteiger partial charge is 0.0916 e. The zero-order chi connectivity index (χ0) is 10.8. The summed E-state index contributed by atoms with van der Waals surface area (Å²) in [5.41, 5.74) is 0.212. The van der Waals surface area contributed by atoms with Gasteiger partial charge >= 0.3 is 0 Å². The van der Waals surface area contributed by atoms with E-state index in [-0.39, 0.29) is 5.92 Å². The van der Waals surface area contributed by atoms with Crippen LogP contribution in [0.3, 0.4) is 0 Å². The van der Waals surface area contributed by atoms with Gasteiger partial charge in [0.25, 0.3) is 0 Å². The Kier molecular flexibility index (Phi) is 3.57. The van der Waals surface area contributed by atoms with Crippen molar-refractivity contribution in [3.05, 3.63) is 34.9 Å². The van der Waals surface area contributed by atoms with Crippen LogP contribution in [0, 0.1) is 5.92 Å². The van der Waals surface area contributed by atoms with E-state index < -0.39 is 5.60 Å². The Morgan fingerprint density at radius 2 is 1.79 bits per heavy atom. The lowest BCUT2D eigenvalue weighted by atomic mass is 9.81. The van der Waals surface area contributed by atoms with E-state index in [2.05, 4.69) is 0 Å². The fourth-order valence-corrected chi connectivity index (χ4v) is 1.81. The minimum atomic E-state index is -0.732. The van der Waals surface area contributed by atoms with Crippen LogP contribution in [0.5, 0.6) is 0 Å². The highest BCUT2D eigenvalue weighted by atomic mass is 35.5.